The molecule has 1 rings (SSSR count). The van der Waals surface area contributed by atoms with E-state index in [1.807, 2.05) is 0 Å². The topological polar surface area (TPSA) is 63.7 Å². The van der Waals surface area contributed by atoms with Crippen LogP contribution in [0, 0.1) is 12.7 Å². The molecule has 0 atom stereocenters. The molecule has 0 aliphatic carbocycles. The number of halogens is 1. The van der Waals surface area contributed by atoms with Gasteiger partial charge in [0.15, 0.2) is 0 Å². The van der Waals surface area contributed by atoms with Crippen molar-refractivity contribution in [3.63, 3.8) is 0 Å². The monoisotopic (exact) mass is 289 g/mol. The highest BCUT2D eigenvalue weighted by Crippen LogP contribution is 2.20. The largest absolute Gasteiger partial charge is 0.468 e. The maximum atomic E-state index is 13.0. The van der Waals surface area contributed by atoms with Crippen LogP contribution in [0.1, 0.15) is 12.5 Å². The van der Waals surface area contributed by atoms with Gasteiger partial charge in [0.2, 0.25) is 10.0 Å². The molecule has 0 amide bonds. The van der Waals surface area contributed by atoms with E-state index < -0.39 is 21.8 Å². The minimum atomic E-state index is -3.84. The van der Waals surface area contributed by atoms with E-state index in [9.17, 15) is 17.6 Å². The van der Waals surface area contributed by atoms with Crippen molar-refractivity contribution in [3.05, 3.63) is 29.6 Å². The van der Waals surface area contributed by atoms with Crippen LogP contribution in [-0.4, -0.2) is 38.9 Å². The maximum absolute atomic E-state index is 13.0. The van der Waals surface area contributed by atoms with Crippen LogP contribution in [0.5, 0.6) is 0 Å². The number of carbonyl (C=O) groups is 1. The highest BCUT2D eigenvalue weighted by atomic mass is 32.2. The number of sulfonamides is 1. The molecule has 0 saturated heterocycles. The van der Waals surface area contributed by atoms with Crippen molar-refractivity contribution < 1.29 is 22.3 Å². The van der Waals surface area contributed by atoms with Gasteiger partial charge in [0.1, 0.15) is 12.4 Å². The first-order chi connectivity index (χ1) is 8.82. The third-order valence-electron chi connectivity index (χ3n) is 2.64. The molecule has 7 heteroatoms. The lowest BCUT2D eigenvalue weighted by Gasteiger charge is -2.20. The van der Waals surface area contributed by atoms with Gasteiger partial charge in [0.05, 0.1) is 12.0 Å². The molecule has 0 aliphatic rings. The van der Waals surface area contributed by atoms with E-state index in [0.29, 0.717) is 5.56 Å². The molecule has 0 fully saturated rings. The number of rotatable bonds is 5. The molecule has 0 saturated carbocycles. The second kappa shape index (κ2) is 6.12. The van der Waals surface area contributed by atoms with Crippen LogP contribution in [0.25, 0.3) is 0 Å². The molecule has 5 nitrogen and oxygen atoms in total. The second-order valence-electron chi connectivity index (χ2n) is 3.92. The lowest BCUT2D eigenvalue weighted by molar-refractivity contribution is -0.140. The predicted molar refractivity (Wildman–Crippen MR) is 67.6 cm³/mol. The molecule has 0 aliphatic heterocycles. The molecule has 0 heterocycles. The molecule has 0 radical (unpaired) electrons. The summed E-state index contributed by atoms with van der Waals surface area (Å²) in [7, 11) is -2.65. The second-order valence-corrected chi connectivity index (χ2v) is 5.82. The smallest absolute Gasteiger partial charge is 0.321 e. The van der Waals surface area contributed by atoms with Gasteiger partial charge in [-0.05, 0) is 30.7 Å². The first-order valence-electron chi connectivity index (χ1n) is 5.66. The zero-order valence-electron chi connectivity index (χ0n) is 11.0. The van der Waals surface area contributed by atoms with Crippen LogP contribution in [0.15, 0.2) is 23.1 Å². The van der Waals surface area contributed by atoms with Crippen LogP contribution < -0.4 is 0 Å². The van der Waals surface area contributed by atoms with E-state index in [1.165, 1.54) is 20.1 Å². The number of methoxy groups -OCH3 is 1. The molecule has 0 N–H and O–H groups in total. The van der Waals surface area contributed by atoms with Gasteiger partial charge in [-0.2, -0.15) is 4.31 Å². The predicted octanol–water partition coefficient (Wildman–Crippen LogP) is 1.32. The first-order valence-corrected chi connectivity index (χ1v) is 7.10. The van der Waals surface area contributed by atoms with Crippen molar-refractivity contribution in [2.75, 3.05) is 20.2 Å². The van der Waals surface area contributed by atoms with E-state index in [-0.39, 0.29) is 18.0 Å². The fourth-order valence-electron chi connectivity index (χ4n) is 1.62. The number of ether oxygens (including phenoxy) is 1. The molecule has 0 aromatic heterocycles. The summed E-state index contributed by atoms with van der Waals surface area (Å²) in [5.41, 5.74) is 0.295. The van der Waals surface area contributed by atoms with Crippen LogP contribution in [0.2, 0.25) is 0 Å². The molecule has 0 bridgehead atoms. The van der Waals surface area contributed by atoms with Crippen molar-refractivity contribution in [1.82, 2.24) is 4.31 Å². The van der Waals surface area contributed by atoms with Crippen molar-refractivity contribution in [2.24, 2.45) is 0 Å². The third-order valence-corrected chi connectivity index (χ3v) is 4.72. The summed E-state index contributed by atoms with van der Waals surface area (Å²) in [4.78, 5) is 11.2. The van der Waals surface area contributed by atoms with E-state index >= 15 is 0 Å². The number of benzene rings is 1. The first kappa shape index (κ1) is 15.6. The Morgan fingerprint density at radius 2 is 2.05 bits per heavy atom. The number of aryl methyl sites for hydroxylation is 1. The zero-order chi connectivity index (χ0) is 14.6. The zero-order valence-corrected chi connectivity index (χ0v) is 11.8. The van der Waals surface area contributed by atoms with Crippen molar-refractivity contribution in [1.29, 1.82) is 0 Å². The van der Waals surface area contributed by atoms with Crippen LogP contribution in [0.3, 0.4) is 0 Å². The van der Waals surface area contributed by atoms with Gasteiger partial charge >= 0.3 is 5.97 Å². The number of nitrogens with zero attached hydrogens (tertiary/aromatic N) is 1. The summed E-state index contributed by atoms with van der Waals surface area (Å²) < 4.78 is 43.1. The summed E-state index contributed by atoms with van der Waals surface area (Å²) in [6, 6.07) is 3.41. The van der Waals surface area contributed by atoms with Crippen LogP contribution in [-0.2, 0) is 19.6 Å². The van der Waals surface area contributed by atoms with Gasteiger partial charge in [-0.3, -0.25) is 4.79 Å². The standard InChI is InChI=1S/C12H16FNO4S/c1-4-14(8-12(15)18-3)19(16,17)11-6-5-10(13)7-9(11)2/h5-7H,4,8H2,1-3H3. The Hall–Kier alpha value is -1.47. The normalized spacial score (nSPS) is 11.6. The summed E-state index contributed by atoms with van der Waals surface area (Å²) >= 11 is 0. The Kier molecular flexibility index (Phi) is 5.02. The number of likely N-dealkylation sites (N-methyl/N-ethyl adjacent to an activating group) is 1. The van der Waals surface area contributed by atoms with Gasteiger partial charge in [-0.1, -0.05) is 6.92 Å². The number of hydrogen-bond acceptors (Lipinski definition) is 4. The van der Waals surface area contributed by atoms with Gasteiger partial charge in [-0.25, -0.2) is 12.8 Å². The molecule has 1 aromatic carbocycles. The summed E-state index contributed by atoms with van der Waals surface area (Å²) in [5.74, 6) is -1.15. The molecule has 0 unspecified atom stereocenters. The van der Waals surface area contributed by atoms with Gasteiger partial charge in [0.25, 0.3) is 0 Å². The molecular formula is C12H16FNO4S. The van der Waals surface area contributed by atoms with Gasteiger partial charge < -0.3 is 4.74 Å². The van der Waals surface area contributed by atoms with Crippen LogP contribution in [0.4, 0.5) is 4.39 Å². The fourth-order valence-corrected chi connectivity index (χ4v) is 3.22. The molecule has 0 spiro atoms. The van der Waals surface area contributed by atoms with E-state index in [2.05, 4.69) is 4.74 Å². The Morgan fingerprint density at radius 3 is 2.53 bits per heavy atom. The molecule has 106 valence electrons. The molecular weight excluding hydrogens is 273 g/mol. The van der Waals surface area contributed by atoms with Crippen molar-refractivity contribution in [2.45, 2.75) is 18.7 Å². The Morgan fingerprint density at radius 1 is 1.42 bits per heavy atom. The molecule has 19 heavy (non-hydrogen) atoms. The van der Waals surface area contributed by atoms with E-state index in [0.717, 1.165) is 16.4 Å². The SMILES string of the molecule is CCN(CC(=O)OC)S(=O)(=O)c1ccc(F)cc1C. The Bertz CT molecular complexity index is 571. The minimum absolute atomic E-state index is 0.0142. The highest BCUT2D eigenvalue weighted by Gasteiger charge is 2.27. The average Bonchev–Trinajstić information content (AvgIpc) is 2.34. The average molecular weight is 289 g/mol. The van der Waals surface area contributed by atoms with Crippen molar-refractivity contribution in [3.8, 4) is 0 Å². The van der Waals surface area contributed by atoms with E-state index in [4.69, 9.17) is 0 Å². The summed E-state index contributed by atoms with van der Waals surface area (Å²) in [5, 5.41) is 0. The van der Waals surface area contributed by atoms with Gasteiger partial charge in [-0.15, -0.1) is 0 Å². The quantitative estimate of drug-likeness (QED) is 0.767. The minimum Gasteiger partial charge on any atom is -0.468 e. The lowest BCUT2D eigenvalue weighted by atomic mass is 10.2. The van der Waals surface area contributed by atoms with Crippen molar-refractivity contribution >= 4 is 16.0 Å². The fraction of sp³-hybridized carbons (Fsp3) is 0.417. The Labute approximate surface area is 112 Å². The van der Waals surface area contributed by atoms with E-state index in [1.54, 1.807) is 6.92 Å². The maximum Gasteiger partial charge on any atom is 0.321 e. The lowest BCUT2D eigenvalue weighted by Crippen LogP contribution is -2.36. The Balaban J connectivity index is 3.17. The summed E-state index contributed by atoms with van der Waals surface area (Å²) in [6.07, 6.45) is 0. The third kappa shape index (κ3) is 3.51. The van der Waals surface area contributed by atoms with Gasteiger partial charge in [0, 0.05) is 6.54 Å². The highest BCUT2D eigenvalue weighted by molar-refractivity contribution is 7.89. The number of carbonyl (C=O) groups excluding carboxylic acids is 1. The van der Waals surface area contributed by atoms with Crippen LogP contribution >= 0.6 is 0 Å². The summed E-state index contributed by atoms with van der Waals surface area (Å²) in [6.45, 7) is 2.86. The number of esters is 1. The number of hydrogen-bond donors (Lipinski definition) is 0. The molecule has 1 aromatic rings.